The van der Waals surface area contributed by atoms with Crippen LogP contribution in [-0.4, -0.2) is 45.3 Å². The molecule has 2 aliphatic rings. The minimum atomic E-state index is -0.0118. The van der Waals surface area contributed by atoms with Gasteiger partial charge < -0.3 is 4.90 Å². The van der Waals surface area contributed by atoms with Crippen molar-refractivity contribution < 1.29 is 4.79 Å². The molecular formula is C28H32N4O. The van der Waals surface area contributed by atoms with E-state index in [0.717, 1.165) is 68.0 Å². The lowest BCUT2D eigenvalue weighted by molar-refractivity contribution is 0.0730. The molecule has 0 unspecified atom stereocenters. The van der Waals surface area contributed by atoms with E-state index >= 15 is 0 Å². The molecule has 5 rings (SSSR count). The second-order valence-electron chi connectivity index (χ2n) is 9.40. The molecule has 2 aromatic carbocycles. The molecule has 5 heteroatoms. The summed E-state index contributed by atoms with van der Waals surface area (Å²) in [6.07, 6.45) is 8.87. The van der Waals surface area contributed by atoms with E-state index in [-0.39, 0.29) is 11.9 Å². The Morgan fingerprint density at radius 1 is 1.00 bits per heavy atom. The number of carbonyl (C=O) groups excluding carboxylic acids is 1. The molecular weight excluding hydrogens is 408 g/mol. The van der Waals surface area contributed by atoms with Crippen molar-refractivity contribution in [3.05, 3.63) is 94.6 Å². The van der Waals surface area contributed by atoms with Crippen LogP contribution >= 0.6 is 0 Å². The third-order valence-electron chi connectivity index (χ3n) is 6.87. The molecule has 0 saturated carbocycles. The van der Waals surface area contributed by atoms with Crippen LogP contribution in [0.3, 0.4) is 0 Å². The van der Waals surface area contributed by atoms with Crippen LogP contribution in [0.5, 0.6) is 0 Å². The molecule has 2 saturated heterocycles. The molecule has 3 heterocycles. The SMILES string of the molecule is Cc1cccc(Cc2cncc([C@H]3CCCN3C(=O)c3ccccc3CN3CCCC3)n2)c1. The van der Waals surface area contributed by atoms with Gasteiger partial charge in [0.05, 0.1) is 23.6 Å². The van der Waals surface area contributed by atoms with Gasteiger partial charge in [0, 0.05) is 31.3 Å². The number of nitrogens with zero attached hydrogens (tertiary/aromatic N) is 4. The van der Waals surface area contributed by atoms with Gasteiger partial charge in [0.1, 0.15) is 0 Å². The Bertz CT molecular complexity index is 1120. The van der Waals surface area contributed by atoms with Crippen LogP contribution in [0.2, 0.25) is 0 Å². The Balaban J connectivity index is 1.36. The smallest absolute Gasteiger partial charge is 0.254 e. The highest BCUT2D eigenvalue weighted by Gasteiger charge is 2.33. The monoisotopic (exact) mass is 440 g/mol. The van der Waals surface area contributed by atoms with Crippen LogP contribution in [0.4, 0.5) is 0 Å². The summed E-state index contributed by atoms with van der Waals surface area (Å²) in [5.74, 6) is 0.123. The Morgan fingerprint density at radius 2 is 1.85 bits per heavy atom. The van der Waals surface area contributed by atoms with E-state index in [2.05, 4.69) is 47.1 Å². The average Bonchev–Trinajstić information content (AvgIpc) is 3.52. The highest BCUT2D eigenvalue weighted by Crippen LogP contribution is 2.33. The first kappa shape index (κ1) is 21.8. The molecule has 2 aliphatic heterocycles. The number of carbonyl (C=O) groups is 1. The van der Waals surface area contributed by atoms with Crippen LogP contribution < -0.4 is 0 Å². The fraction of sp³-hybridized carbons (Fsp3) is 0.393. The summed E-state index contributed by atoms with van der Waals surface area (Å²) < 4.78 is 0. The van der Waals surface area contributed by atoms with Gasteiger partial charge in [-0.15, -0.1) is 0 Å². The number of hydrogen-bond donors (Lipinski definition) is 0. The first-order valence-corrected chi connectivity index (χ1v) is 12.1. The van der Waals surface area contributed by atoms with Gasteiger partial charge >= 0.3 is 0 Å². The molecule has 1 aromatic heterocycles. The van der Waals surface area contributed by atoms with Gasteiger partial charge in [-0.2, -0.15) is 0 Å². The molecule has 170 valence electrons. The van der Waals surface area contributed by atoms with Crippen LogP contribution in [0.1, 0.15) is 70.2 Å². The predicted octanol–water partition coefficient (Wildman–Crippen LogP) is 4.95. The topological polar surface area (TPSA) is 49.3 Å². The molecule has 5 nitrogen and oxygen atoms in total. The van der Waals surface area contributed by atoms with Gasteiger partial charge in [-0.05, 0) is 62.9 Å². The predicted molar refractivity (Wildman–Crippen MR) is 130 cm³/mol. The maximum absolute atomic E-state index is 13.7. The van der Waals surface area contributed by atoms with Crippen molar-refractivity contribution in [2.75, 3.05) is 19.6 Å². The van der Waals surface area contributed by atoms with E-state index in [1.165, 1.54) is 24.0 Å². The number of amides is 1. The zero-order valence-corrected chi connectivity index (χ0v) is 19.4. The maximum Gasteiger partial charge on any atom is 0.254 e. The summed E-state index contributed by atoms with van der Waals surface area (Å²) in [7, 11) is 0. The zero-order valence-electron chi connectivity index (χ0n) is 19.4. The van der Waals surface area contributed by atoms with Gasteiger partial charge in [0.15, 0.2) is 0 Å². The lowest BCUT2D eigenvalue weighted by Crippen LogP contribution is -2.32. The van der Waals surface area contributed by atoms with E-state index < -0.39 is 0 Å². The lowest BCUT2D eigenvalue weighted by Gasteiger charge is -2.26. The fourth-order valence-corrected chi connectivity index (χ4v) is 5.22. The van der Waals surface area contributed by atoms with Crippen LogP contribution in [-0.2, 0) is 13.0 Å². The van der Waals surface area contributed by atoms with E-state index in [1.54, 1.807) is 0 Å². The maximum atomic E-state index is 13.7. The summed E-state index contributed by atoms with van der Waals surface area (Å²) >= 11 is 0. The molecule has 3 aromatic rings. The number of rotatable bonds is 6. The van der Waals surface area contributed by atoms with Crippen molar-refractivity contribution in [3.8, 4) is 0 Å². The van der Waals surface area contributed by atoms with Crippen LogP contribution in [0, 0.1) is 6.92 Å². The minimum Gasteiger partial charge on any atom is -0.330 e. The van der Waals surface area contributed by atoms with Gasteiger partial charge in [-0.1, -0.05) is 48.0 Å². The second-order valence-corrected chi connectivity index (χ2v) is 9.40. The van der Waals surface area contributed by atoms with E-state index in [1.807, 2.05) is 35.5 Å². The quantitative estimate of drug-likeness (QED) is 0.544. The number of likely N-dealkylation sites (tertiary alicyclic amines) is 2. The second kappa shape index (κ2) is 9.84. The largest absolute Gasteiger partial charge is 0.330 e. The Labute approximate surface area is 196 Å². The molecule has 0 N–H and O–H groups in total. The van der Waals surface area contributed by atoms with Gasteiger partial charge in [-0.25, -0.2) is 0 Å². The summed E-state index contributed by atoms with van der Waals surface area (Å²) in [6.45, 7) is 5.98. The minimum absolute atomic E-state index is 0.0118. The van der Waals surface area contributed by atoms with E-state index in [0.29, 0.717) is 0 Å². The third kappa shape index (κ3) is 4.98. The lowest BCUT2D eigenvalue weighted by atomic mass is 10.0. The highest BCUT2D eigenvalue weighted by atomic mass is 16.2. The molecule has 2 fully saturated rings. The zero-order chi connectivity index (χ0) is 22.6. The summed E-state index contributed by atoms with van der Waals surface area (Å²) in [6, 6.07) is 16.6. The van der Waals surface area contributed by atoms with E-state index in [9.17, 15) is 4.79 Å². The number of aryl methyl sites for hydroxylation is 1. The van der Waals surface area contributed by atoms with Crippen molar-refractivity contribution in [1.82, 2.24) is 19.8 Å². The van der Waals surface area contributed by atoms with Gasteiger partial charge in [0.25, 0.3) is 5.91 Å². The van der Waals surface area contributed by atoms with E-state index in [4.69, 9.17) is 4.98 Å². The normalized spacial score (nSPS) is 18.7. The van der Waals surface area contributed by atoms with Crippen molar-refractivity contribution >= 4 is 5.91 Å². The molecule has 0 radical (unpaired) electrons. The molecule has 0 aliphatic carbocycles. The van der Waals surface area contributed by atoms with Crippen molar-refractivity contribution in [3.63, 3.8) is 0 Å². The molecule has 0 bridgehead atoms. The standard InChI is InChI=1S/C28H32N4O/c1-21-8-6-9-22(16-21)17-24-18-29-19-26(30-24)27-12-7-15-32(27)28(33)25-11-3-2-10-23(25)20-31-13-4-5-14-31/h2-3,6,8-11,16,18-19,27H,4-5,7,12-15,17,20H2,1H3/t27-/m1/s1. The summed E-state index contributed by atoms with van der Waals surface area (Å²) in [4.78, 5) is 27.6. The molecule has 1 atom stereocenters. The number of aromatic nitrogens is 2. The van der Waals surface area contributed by atoms with Crippen LogP contribution in [0.25, 0.3) is 0 Å². The van der Waals surface area contributed by atoms with Crippen molar-refractivity contribution in [2.24, 2.45) is 0 Å². The first-order chi connectivity index (χ1) is 16.2. The van der Waals surface area contributed by atoms with Gasteiger partial charge in [0.2, 0.25) is 0 Å². The highest BCUT2D eigenvalue weighted by molar-refractivity contribution is 5.96. The Kier molecular flexibility index (Phi) is 6.49. The molecule has 33 heavy (non-hydrogen) atoms. The Morgan fingerprint density at radius 3 is 2.70 bits per heavy atom. The van der Waals surface area contributed by atoms with Crippen molar-refractivity contribution in [1.29, 1.82) is 0 Å². The molecule has 1 amide bonds. The Hall–Kier alpha value is -3.05. The first-order valence-electron chi connectivity index (χ1n) is 12.1. The number of hydrogen-bond acceptors (Lipinski definition) is 4. The average molecular weight is 441 g/mol. The van der Waals surface area contributed by atoms with Crippen molar-refractivity contribution in [2.45, 2.75) is 51.6 Å². The molecule has 0 spiro atoms. The van der Waals surface area contributed by atoms with Crippen LogP contribution in [0.15, 0.2) is 60.9 Å². The third-order valence-corrected chi connectivity index (χ3v) is 6.87. The fourth-order valence-electron chi connectivity index (χ4n) is 5.22. The summed E-state index contributed by atoms with van der Waals surface area (Å²) in [5, 5.41) is 0. The van der Waals surface area contributed by atoms with Gasteiger partial charge in [-0.3, -0.25) is 19.7 Å². The number of benzene rings is 2. The summed E-state index contributed by atoms with van der Waals surface area (Å²) in [5.41, 5.74) is 6.30.